The zero-order chi connectivity index (χ0) is 23.5. The van der Waals surface area contributed by atoms with E-state index in [9.17, 15) is 0 Å². The molecule has 1 unspecified atom stereocenters. The highest BCUT2D eigenvalue weighted by Gasteiger charge is 2.23. The van der Waals surface area contributed by atoms with E-state index in [0.717, 1.165) is 38.3 Å². The molecule has 0 aliphatic rings. The van der Waals surface area contributed by atoms with E-state index in [0.29, 0.717) is 0 Å². The Kier molecular flexibility index (Phi) is 9.74. The maximum atomic E-state index is 5.38. The second kappa shape index (κ2) is 13.0. The van der Waals surface area contributed by atoms with E-state index in [4.69, 9.17) is 9.47 Å². The van der Waals surface area contributed by atoms with Crippen molar-refractivity contribution >= 4 is 0 Å². The first kappa shape index (κ1) is 24.8. The molecule has 0 aromatic heterocycles. The van der Waals surface area contributed by atoms with Crippen molar-refractivity contribution in [3.05, 3.63) is 113 Å². The fraction of sp³-hybridized carbons (Fsp3) is 0.333. The minimum atomic E-state index is 0.274. The van der Waals surface area contributed by atoms with Gasteiger partial charge in [0.1, 0.15) is 5.75 Å². The first-order chi connectivity index (χ1) is 16.1. The molecule has 0 N–H and O–H groups in total. The number of hydrogen-bond acceptors (Lipinski definition) is 3. The first-order valence-corrected chi connectivity index (χ1v) is 11.7. The monoisotopic (exact) mass is 443 g/mol. The van der Waals surface area contributed by atoms with Crippen molar-refractivity contribution in [1.29, 1.82) is 0 Å². The highest BCUT2D eigenvalue weighted by molar-refractivity contribution is 5.30. The summed E-state index contributed by atoms with van der Waals surface area (Å²) < 4.78 is 10.8. The fourth-order valence-corrected chi connectivity index (χ4v) is 4.19. The molecule has 3 aromatic carbocycles. The number of hydrogen-bond donors (Lipinski definition) is 0. The highest BCUT2D eigenvalue weighted by Crippen LogP contribution is 2.26. The molecule has 3 aromatic rings. The maximum Gasteiger partial charge on any atom is 0.118 e. The minimum absolute atomic E-state index is 0.274. The van der Waals surface area contributed by atoms with E-state index in [1.807, 2.05) is 0 Å². The Balaban J connectivity index is 1.97. The summed E-state index contributed by atoms with van der Waals surface area (Å²) in [7, 11) is 3.49. The van der Waals surface area contributed by atoms with Gasteiger partial charge in [0.05, 0.1) is 7.11 Å². The van der Waals surface area contributed by atoms with Crippen LogP contribution in [0.25, 0.3) is 0 Å². The summed E-state index contributed by atoms with van der Waals surface area (Å²) in [5, 5.41) is 0. The van der Waals surface area contributed by atoms with Crippen molar-refractivity contribution in [2.45, 2.75) is 45.8 Å². The Labute approximate surface area is 199 Å². The molecule has 174 valence electrons. The van der Waals surface area contributed by atoms with Gasteiger partial charge in [0.25, 0.3) is 0 Å². The van der Waals surface area contributed by atoms with Crippen LogP contribution in [0.1, 0.15) is 37.0 Å². The Bertz CT molecular complexity index is 939. The number of rotatable bonds is 12. The summed E-state index contributed by atoms with van der Waals surface area (Å²) in [4.78, 5) is 2.61. The number of nitrogens with zero attached hydrogens (tertiary/aromatic N) is 1. The second-order valence-electron chi connectivity index (χ2n) is 8.65. The average molecular weight is 444 g/mol. The molecule has 0 spiro atoms. The molecule has 0 amide bonds. The van der Waals surface area contributed by atoms with Crippen molar-refractivity contribution in [3.8, 4) is 5.75 Å². The van der Waals surface area contributed by atoms with Gasteiger partial charge in [0.2, 0.25) is 0 Å². The van der Waals surface area contributed by atoms with Gasteiger partial charge in [-0.15, -0.1) is 0 Å². The third-order valence-corrected chi connectivity index (χ3v) is 6.34. The number of methoxy groups -OCH3 is 2. The topological polar surface area (TPSA) is 21.7 Å². The standard InChI is InChI=1S/C30H37NO2/c1-24(19-20-32-3)25(2)30(21-26-15-17-29(33-4)18-16-26)31(22-27-11-7-5-8-12-27)23-28-13-9-6-10-14-28/h5-18,30H,19-23H2,1-4H3. The Morgan fingerprint density at radius 1 is 0.727 bits per heavy atom. The summed E-state index contributed by atoms with van der Waals surface area (Å²) in [6, 6.07) is 30.3. The van der Waals surface area contributed by atoms with Crippen LogP contribution in [-0.2, 0) is 24.2 Å². The van der Waals surface area contributed by atoms with E-state index in [1.54, 1.807) is 14.2 Å². The molecule has 0 aliphatic carbocycles. The SMILES string of the molecule is COCCC(C)=C(C)C(Cc1ccc(OC)cc1)N(Cc1ccccc1)Cc1ccccc1. The van der Waals surface area contributed by atoms with Crippen LogP contribution in [0, 0.1) is 0 Å². The molecule has 0 saturated heterocycles. The van der Waals surface area contributed by atoms with Crippen LogP contribution in [0.5, 0.6) is 5.75 Å². The zero-order valence-corrected chi connectivity index (χ0v) is 20.5. The third kappa shape index (κ3) is 7.59. The Hall–Kier alpha value is -2.88. The molecule has 0 heterocycles. The summed E-state index contributed by atoms with van der Waals surface area (Å²) in [6.45, 7) is 7.08. The predicted octanol–water partition coefficient (Wildman–Crippen LogP) is 6.68. The quantitative estimate of drug-likeness (QED) is 0.291. The lowest BCUT2D eigenvalue weighted by Crippen LogP contribution is -2.37. The van der Waals surface area contributed by atoms with Crippen molar-refractivity contribution < 1.29 is 9.47 Å². The van der Waals surface area contributed by atoms with E-state index in [2.05, 4.69) is 104 Å². The van der Waals surface area contributed by atoms with Gasteiger partial charge < -0.3 is 9.47 Å². The van der Waals surface area contributed by atoms with E-state index in [-0.39, 0.29) is 6.04 Å². The number of ether oxygens (including phenoxy) is 2. The van der Waals surface area contributed by atoms with Crippen LogP contribution in [0.15, 0.2) is 96.1 Å². The van der Waals surface area contributed by atoms with E-state index in [1.165, 1.54) is 27.8 Å². The summed E-state index contributed by atoms with van der Waals surface area (Å²) in [5.74, 6) is 0.893. The van der Waals surface area contributed by atoms with Gasteiger partial charge in [-0.3, -0.25) is 4.90 Å². The van der Waals surface area contributed by atoms with Crippen LogP contribution in [-0.4, -0.2) is 31.8 Å². The van der Waals surface area contributed by atoms with Gasteiger partial charge in [-0.1, -0.05) is 83.9 Å². The molecular formula is C30H37NO2. The third-order valence-electron chi connectivity index (χ3n) is 6.34. The molecule has 0 saturated carbocycles. The van der Waals surface area contributed by atoms with Crippen LogP contribution in [0.2, 0.25) is 0 Å². The molecule has 3 rings (SSSR count). The molecular weight excluding hydrogens is 406 g/mol. The summed E-state index contributed by atoms with van der Waals surface area (Å²) in [6.07, 6.45) is 1.89. The zero-order valence-electron chi connectivity index (χ0n) is 20.5. The lowest BCUT2D eigenvalue weighted by atomic mass is 9.93. The lowest BCUT2D eigenvalue weighted by Gasteiger charge is -2.34. The Morgan fingerprint density at radius 3 is 1.76 bits per heavy atom. The molecule has 33 heavy (non-hydrogen) atoms. The number of benzene rings is 3. The summed E-state index contributed by atoms with van der Waals surface area (Å²) >= 11 is 0. The van der Waals surface area contributed by atoms with Crippen molar-refractivity contribution in [2.75, 3.05) is 20.8 Å². The fourth-order valence-electron chi connectivity index (χ4n) is 4.19. The van der Waals surface area contributed by atoms with Crippen LogP contribution in [0.3, 0.4) is 0 Å². The maximum absolute atomic E-state index is 5.38. The Morgan fingerprint density at radius 2 is 1.27 bits per heavy atom. The van der Waals surface area contributed by atoms with Gasteiger partial charge in [-0.05, 0) is 55.5 Å². The van der Waals surface area contributed by atoms with Gasteiger partial charge in [0.15, 0.2) is 0 Å². The van der Waals surface area contributed by atoms with Gasteiger partial charge in [0, 0.05) is 32.8 Å². The van der Waals surface area contributed by atoms with Gasteiger partial charge in [-0.2, -0.15) is 0 Å². The molecule has 0 fully saturated rings. The van der Waals surface area contributed by atoms with Crippen LogP contribution < -0.4 is 4.74 Å². The summed E-state index contributed by atoms with van der Waals surface area (Å²) in [5.41, 5.74) is 6.80. The highest BCUT2D eigenvalue weighted by atomic mass is 16.5. The average Bonchev–Trinajstić information content (AvgIpc) is 2.86. The lowest BCUT2D eigenvalue weighted by molar-refractivity contribution is 0.193. The van der Waals surface area contributed by atoms with Crippen molar-refractivity contribution in [3.63, 3.8) is 0 Å². The normalized spacial score (nSPS) is 13.0. The van der Waals surface area contributed by atoms with Gasteiger partial charge >= 0.3 is 0 Å². The van der Waals surface area contributed by atoms with Crippen LogP contribution >= 0.6 is 0 Å². The second-order valence-corrected chi connectivity index (χ2v) is 8.65. The smallest absolute Gasteiger partial charge is 0.118 e. The van der Waals surface area contributed by atoms with E-state index >= 15 is 0 Å². The van der Waals surface area contributed by atoms with E-state index < -0.39 is 0 Å². The first-order valence-electron chi connectivity index (χ1n) is 11.7. The van der Waals surface area contributed by atoms with Gasteiger partial charge in [-0.25, -0.2) is 0 Å². The van der Waals surface area contributed by atoms with Crippen molar-refractivity contribution in [2.24, 2.45) is 0 Å². The molecule has 1 atom stereocenters. The van der Waals surface area contributed by atoms with Crippen molar-refractivity contribution in [1.82, 2.24) is 4.90 Å². The molecule has 3 heteroatoms. The largest absolute Gasteiger partial charge is 0.497 e. The molecule has 0 bridgehead atoms. The van der Waals surface area contributed by atoms with Crippen LogP contribution in [0.4, 0.5) is 0 Å². The molecule has 3 nitrogen and oxygen atoms in total. The predicted molar refractivity (Wildman–Crippen MR) is 137 cm³/mol. The minimum Gasteiger partial charge on any atom is -0.497 e. The molecule has 0 radical (unpaired) electrons. The molecule has 0 aliphatic heterocycles.